The van der Waals surface area contributed by atoms with Crippen LogP contribution in [0.3, 0.4) is 0 Å². The Bertz CT molecular complexity index is 407. The molecule has 0 N–H and O–H groups in total. The second-order valence-corrected chi connectivity index (χ2v) is 6.42. The first-order valence-corrected chi connectivity index (χ1v) is 6.70. The molecule has 0 saturated carbocycles. The Kier molecular flexibility index (Phi) is 3.04. The number of ether oxygens (including phenoxy) is 1. The molecule has 0 aliphatic carbocycles. The van der Waals surface area contributed by atoms with E-state index < -0.39 is 0 Å². The van der Waals surface area contributed by atoms with E-state index in [1.807, 2.05) is 0 Å². The molecule has 1 aliphatic heterocycles. The molecule has 2 heteroatoms. The largest absolute Gasteiger partial charge is 0.487 e. The SMILES string of the molecule is CC(C)c1cc(Br)cc2c1OC(C)(C)CC2. The highest BCUT2D eigenvalue weighted by Gasteiger charge is 2.29. The molecule has 0 amide bonds. The van der Waals surface area contributed by atoms with Crippen molar-refractivity contribution in [2.75, 3.05) is 0 Å². The summed E-state index contributed by atoms with van der Waals surface area (Å²) in [5.74, 6) is 1.62. The number of benzene rings is 1. The Morgan fingerprint density at radius 1 is 1.31 bits per heavy atom. The van der Waals surface area contributed by atoms with Crippen LogP contribution in [0.1, 0.15) is 51.2 Å². The smallest absolute Gasteiger partial charge is 0.126 e. The summed E-state index contributed by atoms with van der Waals surface area (Å²) < 4.78 is 7.31. The van der Waals surface area contributed by atoms with E-state index in [9.17, 15) is 0 Å². The maximum absolute atomic E-state index is 6.15. The minimum absolute atomic E-state index is 0.0233. The lowest BCUT2D eigenvalue weighted by Crippen LogP contribution is -2.33. The van der Waals surface area contributed by atoms with Gasteiger partial charge in [-0.15, -0.1) is 0 Å². The second-order valence-electron chi connectivity index (χ2n) is 5.50. The van der Waals surface area contributed by atoms with Crippen LogP contribution >= 0.6 is 15.9 Å². The molecule has 0 fully saturated rings. The lowest BCUT2D eigenvalue weighted by atomic mass is 9.90. The quantitative estimate of drug-likeness (QED) is 0.727. The molecule has 1 aromatic carbocycles. The minimum atomic E-state index is -0.0233. The lowest BCUT2D eigenvalue weighted by Gasteiger charge is -2.34. The predicted octanol–water partition coefficient (Wildman–Crippen LogP) is 4.68. The third kappa shape index (κ3) is 2.27. The van der Waals surface area contributed by atoms with Gasteiger partial charge in [0.05, 0.1) is 0 Å². The molecule has 0 bridgehead atoms. The molecule has 0 spiro atoms. The Morgan fingerprint density at radius 3 is 2.62 bits per heavy atom. The van der Waals surface area contributed by atoms with Crippen molar-refractivity contribution in [1.29, 1.82) is 0 Å². The van der Waals surface area contributed by atoms with Crippen molar-refractivity contribution in [2.45, 2.75) is 52.1 Å². The van der Waals surface area contributed by atoms with E-state index >= 15 is 0 Å². The first-order valence-electron chi connectivity index (χ1n) is 5.90. The monoisotopic (exact) mass is 282 g/mol. The van der Waals surface area contributed by atoms with E-state index in [0.717, 1.165) is 18.6 Å². The van der Waals surface area contributed by atoms with Crippen molar-refractivity contribution >= 4 is 15.9 Å². The van der Waals surface area contributed by atoms with Crippen molar-refractivity contribution in [3.63, 3.8) is 0 Å². The molecule has 1 nitrogen and oxygen atoms in total. The second kappa shape index (κ2) is 4.06. The van der Waals surface area contributed by atoms with E-state index in [0.29, 0.717) is 5.92 Å². The molecule has 2 rings (SSSR count). The zero-order valence-corrected chi connectivity index (χ0v) is 12.0. The van der Waals surface area contributed by atoms with Gasteiger partial charge in [0.1, 0.15) is 11.4 Å². The van der Waals surface area contributed by atoms with Crippen molar-refractivity contribution < 1.29 is 4.74 Å². The average molecular weight is 283 g/mol. The Balaban J connectivity index is 2.52. The molecule has 0 aromatic heterocycles. The van der Waals surface area contributed by atoms with Gasteiger partial charge in [-0.1, -0.05) is 29.8 Å². The molecule has 1 aromatic rings. The van der Waals surface area contributed by atoms with Crippen LogP contribution < -0.4 is 4.74 Å². The zero-order chi connectivity index (χ0) is 11.9. The molecule has 0 atom stereocenters. The van der Waals surface area contributed by atoms with E-state index in [-0.39, 0.29) is 5.60 Å². The average Bonchev–Trinajstić information content (AvgIpc) is 2.16. The molecule has 88 valence electrons. The number of rotatable bonds is 1. The first kappa shape index (κ1) is 12.0. The summed E-state index contributed by atoms with van der Waals surface area (Å²) in [6.07, 6.45) is 2.20. The molecule has 0 saturated heterocycles. The summed E-state index contributed by atoms with van der Waals surface area (Å²) in [7, 11) is 0. The molecule has 1 heterocycles. The van der Waals surface area contributed by atoms with Crippen molar-refractivity contribution in [3.05, 3.63) is 27.7 Å². The summed E-state index contributed by atoms with van der Waals surface area (Å²) in [6, 6.07) is 4.38. The lowest BCUT2D eigenvalue weighted by molar-refractivity contribution is 0.0829. The van der Waals surface area contributed by atoms with Gasteiger partial charge >= 0.3 is 0 Å². The molecule has 1 aliphatic rings. The fraction of sp³-hybridized carbons (Fsp3) is 0.571. The van der Waals surface area contributed by atoms with E-state index in [1.165, 1.54) is 15.6 Å². The van der Waals surface area contributed by atoms with Crippen LogP contribution in [0.2, 0.25) is 0 Å². The van der Waals surface area contributed by atoms with Crippen molar-refractivity contribution in [2.24, 2.45) is 0 Å². The predicted molar refractivity (Wildman–Crippen MR) is 71.3 cm³/mol. The van der Waals surface area contributed by atoms with Crippen molar-refractivity contribution in [1.82, 2.24) is 0 Å². The van der Waals surface area contributed by atoms with Gasteiger partial charge in [0.2, 0.25) is 0 Å². The summed E-state index contributed by atoms with van der Waals surface area (Å²) in [4.78, 5) is 0. The van der Waals surface area contributed by atoms with Gasteiger partial charge in [-0.05, 0) is 55.9 Å². The third-order valence-electron chi connectivity index (χ3n) is 3.16. The number of hydrogen-bond donors (Lipinski definition) is 0. The molecular weight excluding hydrogens is 264 g/mol. The van der Waals surface area contributed by atoms with Gasteiger partial charge in [0.15, 0.2) is 0 Å². The van der Waals surface area contributed by atoms with E-state index in [4.69, 9.17) is 4.74 Å². The Morgan fingerprint density at radius 2 is 2.00 bits per heavy atom. The first-order chi connectivity index (χ1) is 7.39. The van der Waals surface area contributed by atoms with Crippen LogP contribution in [0.15, 0.2) is 16.6 Å². The van der Waals surface area contributed by atoms with E-state index in [1.54, 1.807) is 0 Å². The molecular formula is C14H19BrO. The van der Waals surface area contributed by atoms with Crippen molar-refractivity contribution in [3.8, 4) is 5.75 Å². The maximum atomic E-state index is 6.15. The topological polar surface area (TPSA) is 9.23 Å². The fourth-order valence-corrected chi connectivity index (χ4v) is 2.70. The highest BCUT2D eigenvalue weighted by Crippen LogP contribution is 2.40. The van der Waals surface area contributed by atoms with E-state index in [2.05, 4.69) is 55.8 Å². The number of aryl methyl sites for hydroxylation is 1. The normalized spacial score (nSPS) is 18.1. The van der Waals surface area contributed by atoms with Gasteiger partial charge in [0, 0.05) is 4.47 Å². The maximum Gasteiger partial charge on any atom is 0.126 e. The third-order valence-corrected chi connectivity index (χ3v) is 3.61. The van der Waals surface area contributed by atoms with Crippen LogP contribution in [0, 0.1) is 0 Å². The zero-order valence-electron chi connectivity index (χ0n) is 10.4. The van der Waals surface area contributed by atoms with Gasteiger partial charge in [-0.2, -0.15) is 0 Å². The van der Waals surface area contributed by atoms with Crippen LogP contribution in [0.25, 0.3) is 0 Å². The standard InChI is InChI=1S/C14H19BrO/c1-9(2)12-8-11(15)7-10-5-6-14(3,4)16-13(10)12/h7-9H,5-6H2,1-4H3. The van der Waals surface area contributed by atoms with Crippen LogP contribution in [0.4, 0.5) is 0 Å². The van der Waals surface area contributed by atoms with Crippen LogP contribution in [0.5, 0.6) is 5.75 Å². The summed E-state index contributed by atoms with van der Waals surface area (Å²) in [5.41, 5.74) is 2.64. The Hall–Kier alpha value is -0.500. The van der Waals surface area contributed by atoms with Gasteiger partial charge in [-0.3, -0.25) is 0 Å². The summed E-state index contributed by atoms with van der Waals surface area (Å²) in [5, 5.41) is 0. The highest BCUT2D eigenvalue weighted by atomic mass is 79.9. The summed E-state index contributed by atoms with van der Waals surface area (Å²) >= 11 is 3.58. The number of hydrogen-bond acceptors (Lipinski definition) is 1. The molecule has 0 unspecified atom stereocenters. The minimum Gasteiger partial charge on any atom is -0.487 e. The highest BCUT2D eigenvalue weighted by molar-refractivity contribution is 9.10. The summed E-state index contributed by atoms with van der Waals surface area (Å²) in [6.45, 7) is 8.77. The molecule has 16 heavy (non-hydrogen) atoms. The number of fused-ring (bicyclic) bond motifs is 1. The fourth-order valence-electron chi connectivity index (χ4n) is 2.18. The van der Waals surface area contributed by atoms with Crippen LogP contribution in [-0.4, -0.2) is 5.60 Å². The van der Waals surface area contributed by atoms with Gasteiger partial charge in [0.25, 0.3) is 0 Å². The number of halogens is 1. The van der Waals surface area contributed by atoms with Gasteiger partial charge in [-0.25, -0.2) is 0 Å². The van der Waals surface area contributed by atoms with Gasteiger partial charge < -0.3 is 4.74 Å². The Labute approximate surface area is 106 Å². The van der Waals surface area contributed by atoms with Crippen LogP contribution in [-0.2, 0) is 6.42 Å². The molecule has 0 radical (unpaired) electrons.